The van der Waals surface area contributed by atoms with Crippen molar-refractivity contribution in [1.82, 2.24) is 0 Å². The van der Waals surface area contributed by atoms with E-state index in [1.165, 1.54) is 0 Å². The van der Waals surface area contributed by atoms with Gasteiger partial charge in [-0.25, -0.2) is 9.36 Å². The standard InChI is InChI=1S/C2H5O5P/c1-7-8(5,6)2(3)4/h1H3,(H,3,4)(H,5,6)/i/hD. The molecule has 0 spiro atoms. The Kier molecular flexibility index (Phi) is 1.62. The molecule has 0 aromatic heterocycles. The molecule has 0 amide bonds. The summed E-state index contributed by atoms with van der Waals surface area (Å²) in [6, 6.07) is 0. The number of hydrogen-bond acceptors (Lipinski definition) is 4. The SMILES string of the molecule is [2H]OP(=O)(OC)C(=O)O. The van der Waals surface area contributed by atoms with Crippen molar-refractivity contribution in [3.8, 4) is 0 Å². The Morgan fingerprint density at radius 2 is 2.50 bits per heavy atom. The van der Waals surface area contributed by atoms with E-state index in [9.17, 15) is 9.36 Å². The summed E-state index contributed by atoms with van der Waals surface area (Å²) in [4.78, 5) is 13.2. The molecule has 0 rings (SSSR count). The lowest BCUT2D eigenvalue weighted by molar-refractivity contribution is 0.204. The van der Waals surface area contributed by atoms with Crippen LogP contribution in [-0.2, 0) is 9.09 Å². The predicted octanol–water partition coefficient (Wildman–Crippen LogP) is 0.496. The van der Waals surface area contributed by atoms with Gasteiger partial charge in [-0.2, -0.15) is 0 Å². The molecule has 0 saturated heterocycles. The molecule has 0 heterocycles. The maximum absolute atomic E-state index is 10.4. The third kappa shape index (κ3) is 1.61. The fraction of sp³-hybridized carbons (Fsp3) is 0.500. The van der Waals surface area contributed by atoms with Gasteiger partial charge in [0.25, 0.3) is 0 Å². The van der Waals surface area contributed by atoms with Crippen molar-refractivity contribution in [2.75, 3.05) is 7.11 Å². The van der Waals surface area contributed by atoms with Crippen molar-refractivity contribution in [3.05, 3.63) is 0 Å². The zero-order valence-corrected chi connectivity index (χ0v) is 4.92. The van der Waals surface area contributed by atoms with Gasteiger partial charge in [0.15, 0.2) is 0 Å². The molecule has 0 aromatic carbocycles. The minimum absolute atomic E-state index is 0.892. The largest absolute Gasteiger partial charge is 0.472 e. The van der Waals surface area contributed by atoms with Gasteiger partial charge < -0.3 is 14.5 Å². The summed E-state index contributed by atoms with van der Waals surface area (Å²) in [5, 5.41) is 8.00. The minimum Gasteiger partial charge on any atom is -0.472 e. The zero-order chi connectivity index (χ0) is 7.49. The molecule has 2 N–H and O–H groups in total. The van der Waals surface area contributed by atoms with Gasteiger partial charge >= 0.3 is 13.3 Å². The Morgan fingerprint density at radius 1 is 2.00 bits per heavy atom. The van der Waals surface area contributed by atoms with Crippen molar-refractivity contribution >= 4 is 13.3 Å². The van der Waals surface area contributed by atoms with Gasteiger partial charge in [-0.1, -0.05) is 0 Å². The first-order valence-corrected chi connectivity index (χ1v) is 3.15. The summed E-state index contributed by atoms with van der Waals surface area (Å²) in [5.41, 5.74) is -1.76. The first-order chi connectivity index (χ1) is 4.06. The molecule has 0 bridgehead atoms. The topological polar surface area (TPSA) is 83.8 Å². The Labute approximate surface area is 46.9 Å². The highest BCUT2D eigenvalue weighted by Gasteiger charge is 2.27. The number of rotatable bonds is 3. The van der Waals surface area contributed by atoms with Crippen LogP contribution in [0.4, 0.5) is 4.79 Å². The molecule has 5 nitrogen and oxygen atoms in total. The van der Waals surface area contributed by atoms with Gasteiger partial charge in [-0.3, -0.25) is 0 Å². The number of hydrogen-bond donors (Lipinski definition) is 2. The van der Waals surface area contributed by atoms with Crippen LogP contribution in [-0.4, -0.2) is 24.3 Å². The van der Waals surface area contributed by atoms with Crippen molar-refractivity contribution < 1.29 is 23.9 Å². The summed E-state index contributed by atoms with van der Waals surface area (Å²) in [6.45, 7) is 0. The minimum atomic E-state index is -4.17. The van der Waals surface area contributed by atoms with Gasteiger partial charge in [-0.15, -0.1) is 0 Å². The molecule has 6 heteroatoms. The summed E-state index contributed by atoms with van der Waals surface area (Å²) in [6.07, 6.45) is 0. The van der Waals surface area contributed by atoms with Crippen LogP contribution < -0.4 is 0 Å². The normalized spacial score (nSPS) is 18.9. The van der Waals surface area contributed by atoms with E-state index in [4.69, 9.17) is 6.54 Å². The fourth-order valence-electron chi connectivity index (χ4n) is 0.0781. The van der Waals surface area contributed by atoms with E-state index >= 15 is 0 Å². The third-order valence-corrected chi connectivity index (χ3v) is 1.42. The summed E-state index contributed by atoms with van der Waals surface area (Å²) in [7, 11) is -3.28. The Hall–Kier alpha value is -0.380. The fourth-order valence-corrected chi connectivity index (χ4v) is 0.234. The number of carbonyl (C=O) groups is 1. The van der Waals surface area contributed by atoms with Gasteiger partial charge in [0.05, 0.1) is 0 Å². The molecule has 48 valence electrons. The smallest absolute Gasteiger partial charge is 0.435 e. The van der Waals surface area contributed by atoms with Crippen LogP contribution in [0.2, 0.25) is 0 Å². The van der Waals surface area contributed by atoms with Gasteiger partial charge in [-0.05, 0) is 0 Å². The van der Waals surface area contributed by atoms with E-state index in [0.29, 0.717) is 0 Å². The molecule has 0 radical (unpaired) electrons. The Bertz CT molecular complexity index is 147. The molecule has 0 aliphatic heterocycles. The lowest BCUT2D eigenvalue weighted by Gasteiger charge is -1.98. The lowest BCUT2D eigenvalue weighted by atomic mass is 11.6. The first kappa shape index (κ1) is 5.75. The monoisotopic (exact) mass is 141 g/mol. The molecule has 0 aliphatic rings. The van der Waals surface area contributed by atoms with E-state index in [-0.39, 0.29) is 0 Å². The molecule has 8 heavy (non-hydrogen) atoms. The molecule has 0 aromatic rings. The van der Waals surface area contributed by atoms with Gasteiger partial charge in [0.1, 0.15) is 0 Å². The predicted molar refractivity (Wildman–Crippen MR) is 24.9 cm³/mol. The summed E-state index contributed by atoms with van der Waals surface area (Å²) >= 11 is 0. The molecule has 0 aliphatic carbocycles. The van der Waals surface area contributed by atoms with Crippen LogP contribution in [0, 0.1) is 0 Å². The third-order valence-electron chi connectivity index (χ3n) is 0.475. The average Bonchev–Trinajstić information content (AvgIpc) is 1.86. The zero-order valence-electron chi connectivity index (χ0n) is 5.03. The highest BCUT2D eigenvalue weighted by Crippen LogP contribution is 2.40. The second-order valence-corrected chi connectivity index (χ2v) is 2.71. The van der Waals surface area contributed by atoms with Crippen LogP contribution in [0.5, 0.6) is 0 Å². The highest BCUT2D eigenvalue weighted by atomic mass is 31.2. The number of carboxylic acid groups (broad SMARTS) is 1. The lowest BCUT2D eigenvalue weighted by Crippen LogP contribution is -1.95. The second-order valence-electron chi connectivity index (χ2n) is 0.963. The highest BCUT2D eigenvalue weighted by molar-refractivity contribution is 7.70. The van der Waals surface area contributed by atoms with E-state index < -0.39 is 13.3 Å². The molecular weight excluding hydrogens is 135 g/mol. The quantitative estimate of drug-likeness (QED) is 0.559. The summed E-state index contributed by atoms with van der Waals surface area (Å²) < 4.78 is 20.3. The molecular formula is C2H5O5P. The Balaban J connectivity index is 4.30. The molecule has 0 fully saturated rings. The first-order valence-electron chi connectivity index (χ1n) is 2.02. The van der Waals surface area contributed by atoms with Gasteiger partial charge in [0.2, 0.25) is 1.43 Å². The van der Waals surface area contributed by atoms with Crippen LogP contribution in [0.15, 0.2) is 0 Å². The second kappa shape index (κ2) is 2.26. The van der Waals surface area contributed by atoms with Crippen LogP contribution in [0.25, 0.3) is 0 Å². The van der Waals surface area contributed by atoms with E-state index in [1.807, 2.05) is 0 Å². The van der Waals surface area contributed by atoms with Crippen LogP contribution in [0.1, 0.15) is 0 Å². The molecule has 1 atom stereocenters. The van der Waals surface area contributed by atoms with E-state index in [2.05, 4.69) is 9.42 Å². The van der Waals surface area contributed by atoms with Crippen molar-refractivity contribution in [2.24, 2.45) is 0 Å². The molecule has 1 unspecified atom stereocenters. The maximum atomic E-state index is 10.4. The Morgan fingerprint density at radius 3 is 2.50 bits per heavy atom. The average molecular weight is 141 g/mol. The van der Waals surface area contributed by atoms with Crippen molar-refractivity contribution in [1.29, 1.82) is 1.43 Å². The van der Waals surface area contributed by atoms with Crippen LogP contribution in [0.3, 0.4) is 0 Å². The van der Waals surface area contributed by atoms with Crippen molar-refractivity contribution in [2.45, 2.75) is 0 Å². The van der Waals surface area contributed by atoms with Crippen molar-refractivity contribution in [3.63, 3.8) is 0 Å². The van der Waals surface area contributed by atoms with E-state index in [1.54, 1.807) is 0 Å². The van der Waals surface area contributed by atoms with Gasteiger partial charge in [0, 0.05) is 7.11 Å². The maximum Gasteiger partial charge on any atom is 0.435 e. The summed E-state index contributed by atoms with van der Waals surface area (Å²) in [5.74, 6) is 0. The van der Waals surface area contributed by atoms with Crippen LogP contribution >= 0.6 is 7.60 Å². The van der Waals surface area contributed by atoms with E-state index in [0.717, 1.165) is 7.11 Å². The molecule has 0 saturated carbocycles.